The Labute approximate surface area is 268 Å². The fourth-order valence-corrected chi connectivity index (χ4v) is 6.13. The summed E-state index contributed by atoms with van der Waals surface area (Å²) in [7, 11) is 1.33. The molecule has 0 amide bonds. The molecule has 9 nitrogen and oxygen atoms in total. The van der Waals surface area contributed by atoms with Crippen LogP contribution in [-0.4, -0.2) is 56.5 Å². The molecule has 0 spiro atoms. The average molecular weight is 719 g/mol. The molecule has 230 valence electrons. The van der Waals surface area contributed by atoms with Crippen molar-refractivity contribution in [1.82, 2.24) is 14.0 Å². The first-order chi connectivity index (χ1) is 20.0. The summed E-state index contributed by atoms with van der Waals surface area (Å²) in [5.74, 6) is -0.466. The van der Waals surface area contributed by atoms with Gasteiger partial charge in [-0.1, -0.05) is 36.4 Å². The van der Waals surface area contributed by atoms with Crippen LogP contribution in [0.3, 0.4) is 0 Å². The summed E-state index contributed by atoms with van der Waals surface area (Å²) in [4.78, 5) is 42.0. The van der Waals surface area contributed by atoms with E-state index in [-0.39, 0.29) is 13.1 Å². The van der Waals surface area contributed by atoms with Crippen LogP contribution in [0.1, 0.15) is 59.9 Å². The second-order valence-electron chi connectivity index (χ2n) is 12.3. The zero-order valence-electron chi connectivity index (χ0n) is 25.7. The average Bonchev–Trinajstić information content (AvgIpc) is 3.36. The van der Waals surface area contributed by atoms with Gasteiger partial charge in [0, 0.05) is 32.8 Å². The fraction of sp³-hybridized carbons (Fsp3) is 0.406. The van der Waals surface area contributed by atoms with Gasteiger partial charge < -0.3 is 14.2 Å². The van der Waals surface area contributed by atoms with Gasteiger partial charge >= 0.3 is 18.2 Å². The molecular weight excluding hydrogens is 682 g/mol. The molecule has 0 saturated heterocycles. The molecule has 0 aliphatic heterocycles. The Morgan fingerprint density at radius 2 is 1.12 bits per heavy atom. The minimum atomic E-state index is -0.751. The summed E-state index contributed by atoms with van der Waals surface area (Å²) in [6, 6.07) is 14.2. The molecule has 43 heavy (non-hydrogen) atoms. The van der Waals surface area contributed by atoms with E-state index in [4.69, 9.17) is 14.2 Å². The van der Waals surface area contributed by atoms with Crippen LogP contribution in [0, 0.1) is 0 Å². The predicted molar refractivity (Wildman–Crippen MR) is 173 cm³/mol. The molecule has 4 rings (SSSR count). The van der Waals surface area contributed by atoms with Gasteiger partial charge in [-0.2, -0.15) is 0 Å². The largest absolute Gasteiger partial charge is 0.468 e. The summed E-state index contributed by atoms with van der Waals surface area (Å²) in [6.07, 6.45) is -1.08. The molecule has 2 aromatic heterocycles. The van der Waals surface area contributed by atoms with Crippen LogP contribution in [0.2, 0.25) is 0 Å². The summed E-state index contributed by atoms with van der Waals surface area (Å²) in [5.41, 5.74) is 1.03. The lowest BCUT2D eigenvalue weighted by Gasteiger charge is -2.29. The Bertz CT molecular complexity index is 1580. The first-order valence-electron chi connectivity index (χ1n) is 13.9. The number of hydrogen-bond donors (Lipinski definition) is 0. The molecule has 1 atom stereocenters. The summed E-state index contributed by atoms with van der Waals surface area (Å²) in [5, 5.41) is 1.64. The van der Waals surface area contributed by atoms with E-state index < -0.39 is 35.4 Å². The molecule has 2 heterocycles. The molecule has 0 aliphatic rings. The number of benzene rings is 2. The van der Waals surface area contributed by atoms with E-state index in [1.54, 1.807) is 6.92 Å². The zero-order chi connectivity index (χ0) is 31.9. The second kappa shape index (κ2) is 12.5. The SMILES string of the molecule is COC(=O)[C@H](C)N(Cc1c(Br)c2ccccc2n1C(=O)OC(C)(C)C)Cc1c(Br)c2ccccc2n1C(=O)OC(C)(C)C. The van der Waals surface area contributed by atoms with Crippen LogP contribution < -0.4 is 0 Å². The van der Waals surface area contributed by atoms with Gasteiger partial charge in [-0.25, -0.2) is 18.7 Å². The van der Waals surface area contributed by atoms with Crippen molar-refractivity contribution in [2.75, 3.05) is 7.11 Å². The highest BCUT2D eigenvalue weighted by molar-refractivity contribution is 9.11. The quantitative estimate of drug-likeness (QED) is 0.146. The van der Waals surface area contributed by atoms with E-state index in [1.165, 1.54) is 16.2 Å². The molecule has 4 aromatic rings. The monoisotopic (exact) mass is 717 g/mol. The number of aromatic nitrogens is 2. The van der Waals surface area contributed by atoms with Crippen molar-refractivity contribution in [3.63, 3.8) is 0 Å². The number of carbonyl (C=O) groups excluding carboxylic acids is 3. The van der Waals surface area contributed by atoms with Crippen molar-refractivity contribution in [3.8, 4) is 0 Å². The number of carbonyl (C=O) groups is 3. The molecule has 0 unspecified atom stereocenters. The van der Waals surface area contributed by atoms with Crippen molar-refractivity contribution >= 4 is 71.8 Å². The molecular formula is C32H37Br2N3O6. The number of esters is 1. The number of rotatable bonds is 6. The number of nitrogens with zero attached hydrogens (tertiary/aromatic N) is 3. The van der Waals surface area contributed by atoms with Crippen molar-refractivity contribution in [2.45, 2.75) is 78.8 Å². The van der Waals surface area contributed by atoms with Crippen molar-refractivity contribution < 1.29 is 28.6 Å². The van der Waals surface area contributed by atoms with Crippen LogP contribution in [0.5, 0.6) is 0 Å². The van der Waals surface area contributed by atoms with Gasteiger partial charge in [0.1, 0.15) is 17.2 Å². The molecule has 0 fully saturated rings. The van der Waals surface area contributed by atoms with E-state index in [2.05, 4.69) is 31.9 Å². The van der Waals surface area contributed by atoms with Crippen LogP contribution in [0.4, 0.5) is 9.59 Å². The van der Waals surface area contributed by atoms with Crippen LogP contribution >= 0.6 is 31.9 Å². The van der Waals surface area contributed by atoms with Gasteiger partial charge in [-0.15, -0.1) is 0 Å². The third-order valence-corrected chi connectivity index (χ3v) is 8.53. The molecule has 0 aliphatic carbocycles. The first kappa shape index (κ1) is 32.8. The van der Waals surface area contributed by atoms with E-state index in [0.717, 1.165) is 10.8 Å². The third kappa shape index (κ3) is 6.99. The minimum Gasteiger partial charge on any atom is -0.468 e. The van der Waals surface area contributed by atoms with Gasteiger partial charge in [0.2, 0.25) is 0 Å². The van der Waals surface area contributed by atoms with Crippen molar-refractivity contribution in [1.29, 1.82) is 0 Å². The fourth-order valence-electron chi connectivity index (χ4n) is 4.85. The second-order valence-corrected chi connectivity index (χ2v) is 13.9. The van der Waals surface area contributed by atoms with E-state index in [1.807, 2.05) is 95.0 Å². The lowest BCUT2D eigenvalue weighted by atomic mass is 10.2. The van der Waals surface area contributed by atoms with E-state index in [0.29, 0.717) is 31.4 Å². The maximum Gasteiger partial charge on any atom is 0.419 e. The third-order valence-electron chi connectivity index (χ3n) is 6.76. The number of ether oxygens (including phenoxy) is 3. The lowest BCUT2D eigenvalue weighted by Crippen LogP contribution is -2.40. The number of para-hydroxylation sites is 2. The Morgan fingerprint density at radius 1 is 0.744 bits per heavy atom. The van der Waals surface area contributed by atoms with Gasteiger partial charge in [-0.3, -0.25) is 9.69 Å². The molecule has 11 heteroatoms. The summed E-state index contributed by atoms with van der Waals surface area (Å²) >= 11 is 7.44. The van der Waals surface area contributed by atoms with Gasteiger partial charge in [-0.05, 0) is 92.5 Å². The Balaban J connectivity index is 1.89. The van der Waals surface area contributed by atoms with Crippen LogP contribution in [-0.2, 0) is 32.1 Å². The highest BCUT2D eigenvalue weighted by Gasteiger charge is 2.32. The maximum atomic E-state index is 13.6. The first-order valence-corrected chi connectivity index (χ1v) is 15.5. The lowest BCUT2D eigenvalue weighted by molar-refractivity contribution is -0.146. The van der Waals surface area contributed by atoms with Crippen LogP contribution in [0.25, 0.3) is 21.8 Å². The highest BCUT2D eigenvalue weighted by Crippen LogP contribution is 2.36. The maximum absolute atomic E-state index is 13.6. The normalized spacial score (nSPS) is 13.0. The van der Waals surface area contributed by atoms with Crippen molar-refractivity contribution in [2.24, 2.45) is 0 Å². The number of hydrogen-bond acceptors (Lipinski definition) is 7. The van der Waals surface area contributed by atoms with E-state index >= 15 is 0 Å². The smallest absolute Gasteiger partial charge is 0.419 e. The molecule has 2 aromatic carbocycles. The Hall–Kier alpha value is -3.15. The summed E-state index contributed by atoms with van der Waals surface area (Å²) < 4.78 is 21.2. The van der Waals surface area contributed by atoms with Gasteiger partial charge in [0.25, 0.3) is 0 Å². The van der Waals surface area contributed by atoms with Crippen molar-refractivity contribution in [3.05, 3.63) is 68.9 Å². The van der Waals surface area contributed by atoms with Gasteiger partial charge in [0.05, 0.1) is 29.5 Å². The van der Waals surface area contributed by atoms with Crippen LogP contribution in [0.15, 0.2) is 57.5 Å². The zero-order valence-corrected chi connectivity index (χ0v) is 28.8. The van der Waals surface area contributed by atoms with Gasteiger partial charge in [0.15, 0.2) is 0 Å². The standard InChI is InChI=1S/C32H37Br2N3O6/c1-19(28(38)41-8)35(17-24-26(33)20-13-9-11-15-22(20)36(24)29(39)42-31(2,3)4)18-25-27(34)21-14-10-12-16-23(21)37(25)30(40)43-32(5,6)7/h9-16,19H,17-18H2,1-8H3/t19-/m0/s1. The highest BCUT2D eigenvalue weighted by atomic mass is 79.9. The Morgan fingerprint density at radius 3 is 1.47 bits per heavy atom. The Kier molecular flexibility index (Phi) is 9.49. The summed E-state index contributed by atoms with van der Waals surface area (Å²) in [6.45, 7) is 12.9. The number of halogens is 2. The number of fused-ring (bicyclic) bond motifs is 2. The molecule has 0 radical (unpaired) electrons. The molecule has 0 saturated carbocycles. The topological polar surface area (TPSA) is 92.0 Å². The molecule has 0 N–H and O–H groups in total. The minimum absolute atomic E-state index is 0.132. The molecule has 0 bridgehead atoms. The van der Waals surface area contributed by atoms with E-state index in [9.17, 15) is 14.4 Å². The number of methoxy groups -OCH3 is 1. The predicted octanol–water partition coefficient (Wildman–Crippen LogP) is 8.25.